The fourth-order valence-corrected chi connectivity index (χ4v) is 2.57. The van der Waals surface area contributed by atoms with Crippen molar-refractivity contribution in [2.75, 3.05) is 13.7 Å². The topological polar surface area (TPSA) is 30.5 Å². The molecule has 1 N–H and O–H groups in total. The third-order valence-electron chi connectivity index (χ3n) is 3.61. The van der Waals surface area contributed by atoms with Gasteiger partial charge in [-0.05, 0) is 44.7 Å². The van der Waals surface area contributed by atoms with Gasteiger partial charge in [0.15, 0.2) is 11.5 Å². The molecule has 0 atom stereocenters. The van der Waals surface area contributed by atoms with E-state index in [1.165, 1.54) is 31.2 Å². The Morgan fingerprint density at radius 2 is 2.05 bits per heavy atom. The summed E-state index contributed by atoms with van der Waals surface area (Å²) in [5.74, 6) is 1.78. The van der Waals surface area contributed by atoms with Crippen LogP contribution in [0.25, 0.3) is 0 Å². The van der Waals surface area contributed by atoms with E-state index in [-0.39, 0.29) is 0 Å². The van der Waals surface area contributed by atoms with Gasteiger partial charge in [0.25, 0.3) is 0 Å². The van der Waals surface area contributed by atoms with Gasteiger partial charge in [-0.2, -0.15) is 0 Å². The van der Waals surface area contributed by atoms with Crippen molar-refractivity contribution in [2.24, 2.45) is 0 Å². The van der Waals surface area contributed by atoms with E-state index in [2.05, 4.69) is 18.3 Å². The average molecular weight is 263 g/mol. The molecular formula is C16H25NO2. The molecule has 3 heteroatoms. The van der Waals surface area contributed by atoms with Crippen molar-refractivity contribution >= 4 is 0 Å². The first-order chi connectivity index (χ1) is 9.35. The lowest BCUT2D eigenvalue weighted by Crippen LogP contribution is -2.17. The minimum Gasteiger partial charge on any atom is -0.493 e. The standard InChI is InChI=1S/C16H25NO2/c1-3-11-17-12-13-7-6-10-15(18-2)16(13)19-14-8-4-5-9-14/h6-7,10,14,17H,3-5,8-9,11-12H2,1-2H3. The minimum absolute atomic E-state index is 0.362. The lowest BCUT2D eigenvalue weighted by Gasteiger charge is -2.19. The summed E-state index contributed by atoms with van der Waals surface area (Å²) in [7, 11) is 1.71. The second kappa shape index (κ2) is 7.39. The zero-order valence-electron chi connectivity index (χ0n) is 12.1. The van der Waals surface area contributed by atoms with Crippen molar-refractivity contribution in [1.29, 1.82) is 0 Å². The fraction of sp³-hybridized carbons (Fsp3) is 0.625. The summed E-state index contributed by atoms with van der Waals surface area (Å²) in [6, 6.07) is 6.13. The SMILES string of the molecule is CCCNCc1cccc(OC)c1OC1CCCC1. The van der Waals surface area contributed by atoms with Gasteiger partial charge in [0.1, 0.15) is 0 Å². The largest absolute Gasteiger partial charge is 0.493 e. The summed E-state index contributed by atoms with van der Waals surface area (Å²) in [6.07, 6.45) is 6.40. The third kappa shape index (κ3) is 3.87. The molecule has 1 aliphatic carbocycles. The number of nitrogens with one attached hydrogen (secondary N) is 1. The molecule has 1 aliphatic rings. The Morgan fingerprint density at radius 3 is 2.74 bits per heavy atom. The van der Waals surface area contributed by atoms with Crippen LogP contribution in [0.5, 0.6) is 11.5 Å². The number of para-hydroxylation sites is 1. The molecule has 0 bridgehead atoms. The molecule has 1 aromatic rings. The first kappa shape index (κ1) is 14.2. The number of methoxy groups -OCH3 is 1. The van der Waals surface area contributed by atoms with Crippen molar-refractivity contribution in [1.82, 2.24) is 5.32 Å². The third-order valence-corrected chi connectivity index (χ3v) is 3.61. The van der Waals surface area contributed by atoms with Crippen LogP contribution in [-0.2, 0) is 6.54 Å². The molecule has 0 aliphatic heterocycles. The van der Waals surface area contributed by atoms with E-state index >= 15 is 0 Å². The normalized spacial score (nSPS) is 15.7. The van der Waals surface area contributed by atoms with E-state index in [4.69, 9.17) is 9.47 Å². The molecule has 1 fully saturated rings. The van der Waals surface area contributed by atoms with Crippen LogP contribution in [0.15, 0.2) is 18.2 Å². The highest BCUT2D eigenvalue weighted by Gasteiger charge is 2.20. The molecular weight excluding hydrogens is 238 g/mol. The summed E-state index contributed by atoms with van der Waals surface area (Å²) in [6.45, 7) is 4.04. The quantitative estimate of drug-likeness (QED) is 0.764. The summed E-state index contributed by atoms with van der Waals surface area (Å²) >= 11 is 0. The van der Waals surface area contributed by atoms with Crippen LogP contribution < -0.4 is 14.8 Å². The number of hydrogen-bond donors (Lipinski definition) is 1. The fourth-order valence-electron chi connectivity index (χ4n) is 2.57. The summed E-state index contributed by atoms with van der Waals surface area (Å²) < 4.78 is 11.6. The Bertz CT molecular complexity index is 386. The van der Waals surface area contributed by atoms with Gasteiger partial charge in [0.05, 0.1) is 13.2 Å². The van der Waals surface area contributed by atoms with Crippen molar-refractivity contribution in [3.8, 4) is 11.5 Å². The molecule has 0 spiro atoms. The maximum atomic E-state index is 6.19. The summed E-state index contributed by atoms with van der Waals surface area (Å²) in [5.41, 5.74) is 1.19. The Balaban J connectivity index is 2.10. The van der Waals surface area contributed by atoms with Crippen LogP contribution >= 0.6 is 0 Å². The van der Waals surface area contributed by atoms with E-state index in [0.29, 0.717) is 6.10 Å². The average Bonchev–Trinajstić information content (AvgIpc) is 2.93. The molecule has 1 saturated carbocycles. The van der Waals surface area contributed by atoms with Gasteiger partial charge in [-0.25, -0.2) is 0 Å². The van der Waals surface area contributed by atoms with E-state index in [9.17, 15) is 0 Å². The molecule has 0 saturated heterocycles. The number of rotatable bonds is 7. The van der Waals surface area contributed by atoms with Crippen molar-refractivity contribution in [2.45, 2.75) is 51.7 Å². The molecule has 3 nitrogen and oxygen atoms in total. The Labute approximate surface area is 116 Å². The van der Waals surface area contributed by atoms with Crippen molar-refractivity contribution in [3.05, 3.63) is 23.8 Å². The molecule has 2 rings (SSSR count). The second-order valence-corrected chi connectivity index (χ2v) is 5.15. The highest BCUT2D eigenvalue weighted by Crippen LogP contribution is 2.34. The molecule has 1 aromatic carbocycles. The second-order valence-electron chi connectivity index (χ2n) is 5.15. The molecule has 0 radical (unpaired) electrons. The van der Waals surface area contributed by atoms with Gasteiger partial charge < -0.3 is 14.8 Å². The predicted octanol–water partition coefficient (Wildman–Crippen LogP) is 3.52. The first-order valence-electron chi connectivity index (χ1n) is 7.38. The van der Waals surface area contributed by atoms with Gasteiger partial charge in [-0.3, -0.25) is 0 Å². The lowest BCUT2D eigenvalue weighted by molar-refractivity contribution is 0.198. The van der Waals surface area contributed by atoms with Crippen LogP contribution in [0.4, 0.5) is 0 Å². The number of benzene rings is 1. The first-order valence-corrected chi connectivity index (χ1v) is 7.38. The van der Waals surface area contributed by atoms with Crippen LogP contribution in [0, 0.1) is 0 Å². The van der Waals surface area contributed by atoms with E-state index in [1.807, 2.05) is 12.1 Å². The Kier molecular flexibility index (Phi) is 5.52. The van der Waals surface area contributed by atoms with Gasteiger partial charge in [-0.15, -0.1) is 0 Å². The highest BCUT2D eigenvalue weighted by molar-refractivity contribution is 5.46. The van der Waals surface area contributed by atoms with Gasteiger partial charge in [-0.1, -0.05) is 19.1 Å². The molecule has 0 amide bonds. The van der Waals surface area contributed by atoms with E-state index < -0.39 is 0 Å². The Hall–Kier alpha value is -1.22. The van der Waals surface area contributed by atoms with Crippen LogP contribution in [0.1, 0.15) is 44.6 Å². The van der Waals surface area contributed by atoms with Gasteiger partial charge >= 0.3 is 0 Å². The maximum absolute atomic E-state index is 6.19. The van der Waals surface area contributed by atoms with Gasteiger partial charge in [0, 0.05) is 12.1 Å². The van der Waals surface area contributed by atoms with Crippen LogP contribution in [-0.4, -0.2) is 19.8 Å². The zero-order chi connectivity index (χ0) is 13.5. The van der Waals surface area contributed by atoms with E-state index in [1.54, 1.807) is 7.11 Å². The predicted molar refractivity (Wildman–Crippen MR) is 77.9 cm³/mol. The molecule has 106 valence electrons. The summed E-state index contributed by atoms with van der Waals surface area (Å²) in [4.78, 5) is 0. The number of hydrogen-bond acceptors (Lipinski definition) is 3. The highest BCUT2D eigenvalue weighted by atomic mass is 16.5. The van der Waals surface area contributed by atoms with Gasteiger partial charge in [0.2, 0.25) is 0 Å². The van der Waals surface area contributed by atoms with Crippen molar-refractivity contribution in [3.63, 3.8) is 0 Å². The molecule has 0 unspecified atom stereocenters. The minimum atomic E-state index is 0.362. The van der Waals surface area contributed by atoms with E-state index in [0.717, 1.165) is 31.0 Å². The molecule has 19 heavy (non-hydrogen) atoms. The van der Waals surface area contributed by atoms with Crippen LogP contribution in [0.2, 0.25) is 0 Å². The maximum Gasteiger partial charge on any atom is 0.166 e. The summed E-state index contributed by atoms with van der Waals surface area (Å²) in [5, 5.41) is 3.43. The van der Waals surface area contributed by atoms with Crippen LogP contribution in [0.3, 0.4) is 0 Å². The Morgan fingerprint density at radius 1 is 1.26 bits per heavy atom. The zero-order valence-corrected chi connectivity index (χ0v) is 12.1. The molecule has 0 heterocycles. The van der Waals surface area contributed by atoms with Crippen molar-refractivity contribution < 1.29 is 9.47 Å². The lowest BCUT2D eigenvalue weighted by atomic mass is 10.1. The smallest absolute Gasteiger partial charge is 0.166 e. The number of ether oxygens (including phenoxy) is 2. The monoisotopic (exact) mass is 263 g/mol. The molecule has 0 aromatic heterocycles.